The molecule has 1 aliphatic rings. The molecule has 2 atom stereocenters. The van der Waals surface area contributed by atoms with E-state index in [9.17, 15) is 14.7 Å². The monoisotopic (exact) mass is 321 g/mol. The zero-order valence-electron chi connectivity index (χ0n) is 13.5. The van der Waals surface area contributed by atoms with Crippen LogP contribution in [0.1, 0.15) is 25.7 Å². The second-order valence-electron chi connectivity index (χ2n) is 6.23. The zero-order valence-corrected chi connectivity index (χ0v) is 13.5. The maximum absolute atomic E-state index is 12.3. The summed E-state index contributed by atoms with van der Waals surface area (Å²) >= 11 is 0. The second kappa shape index (κ2) is 6.29. The summed E-state index contributed by atoms with van der Waals surface area (Å²) in [6, 6.07) is 0.116. The first-order chi connectivity index (χ1) is 11.0. The van der Waals surface area contributed by atoms with Gasteiger partial charge >= 0.3 is 5.69 Å². The van der Waals surface area contributed by atoms with Crippen LogP contribution in [0, 0.1) is 0 Å². The number of aliphatic hydroxyl groups is 1. The largest absolute Gasteiger partial charge is 0.392 e. The van der Waals surface area contributed by atoms with E-state index in [1.54, 1.807) is 17.9 Å². The molecule has 0 amide bonds. The molecule has 8 heteroatoms. The number of rotatable bonds is 4. The second-order valence-corrected chi connectivity index (χ2v) is 6.23. The molecular weight excluding hydrogens is 298 g/mol. The van der Waals surface area contributed by atoms with Crippen LogP contribution in [0.5, 0.6) is 0 Å². The number of hydrogen-bond donors (Lipinski definition) is 2. The lowest BCUT2D eigenvalue weighted by Crippen LogP contribution is -2.44. The highest BCUT2D eigenvalue weighted by atomic mass is 16.3. The molecule has 3 rings (SSSR count). The van der Waals surface area contributed by atoms with E-state index in [4.69, 9.17) is 0 Å². The highest BCUT2D eigenvalue weighted by molar-refractivity contribution is 5.69. The van der Waals surface area contributed by atoms with E-state index in [0.29, 0.717) is 17.7 Å². The van der Waals surface area contributed by atoms with Gasteiger partial charge in [0.25, 0.3) is 5.56 Å². The molecule has 126 valence electrons. The van der Waals surface area contributed by atoms with Crippen molar-refractivity contribution in [2.75, 3.05) is 6.54 Å². The molecule has 2 aromatic rings. The molecule has 2 aromatic heterocycles. The van der Waals surface area contributed by atoms with Gasteiger partial charge in [-0.3, -0.25) is 13.9 Å². The molecule has 0 spiro atoms. The van der Waals surface area contributed by atoms with Crippen LogP contribution < -0.4 is 16.6 Å². The van der Waals surface area contributed by atoms with Crippen LogP contribution >= 0.6 is 0 Å². The average Bonchev–Trinajstić information content (AvgIpc) is 2.97. The number of aliphatic hydroxyl groups excluding tert-OH is 1. The topological polar surface area (TPSA) is 94.1 Å². The highest BCUT2D eigenvalue weighted by Crippen LogP contribution is 2.14. The van der Waals surface area contributed by atoms with Crippen molar-refractivity contribution in [2.24, 2.45) is 14.1 Å². The van der Waals surface area contributed by atoms with Gasteiger partial charge in [0.15, 0.2) is 11.2 Å². The third-order valence-electron chi connectivity index (χ3n) is 4.68. The minimum absolute atomic E-state index is 0.116. The molecule has 0 aromatic carbocycles. The van der Waals surface area contributed by atoms with E-state index < -0.39 is 0 Å². The van der Waals surface area contributed by atoms with Crippen molar-refractivity contribution < 1.29 is 5.11 Å². The van der Waals surface area contributed by atoms with Crippen LogP contribution in [-0.4, -0.2) is 42.5 Å². The Morgan fingerprint density at radius 1 is 1.35 bits per heavy atom. The number of nitrogens with zero attached hydrogens (tertiary/aromatic N) is 4. The average molecular weight is 321 g/mol. The molecule has 0 aliphatic carbocycles. The fourth-order valence-electron chi connectivity index (χ4n) is 3.28. The van der Waals surface area contributed by atoms with E-state index >= 15 is 0 Å². The van der Waals surface area contributed by atoms with Gasteiger partial charge in [-0.15, -0.1) is 0 Å². The minimum atomic E-state index is -0.373. The number of aromatic nitrogens is 4. The van der Waals surface area contributed by atoms with Crippen molar-refractivity contribution in [1.82, 2.24) is 24.0 Å². The Bertz CT molecular complexity index is 819. The third-order valence-corrected chi connectivity index (χ3v) is 4.68. The molecule has 23 heavy (non-hydrogen) atoms. The molecule has 0 saturated carbocycles. The van der Waals surface area contributed by atoms with Crippen LogP contribution in [0.15, 0.2) is 15.9 Å². The summed E-state index contributed by atoms with van der Waals surface area (Å²) in [5.41, 5.74) is 0.166. The normalized spacial score (nSPS) is 21.9. The molecule has 1 fully saturated rings. The SMILES string of the molecule is Cn1c(=O)c2c(ncn2CCC[C@H]2NCCC[C@@H]2O)n(C)c1=O. The van der Waals surface area contributed by atoms with Crippen molar-refractivity contribution in [2.45, 2.75) is 44.4 Å². The van der Waals surface area contributed by atoms with Crippen molar-refractivity contribution in [1.29, 1.82) is 0 Å². The Labute approximate surface area is 133 Å². The zero-order chi connectivity index (χ0) is 16.6. The predicted molar refractivity (Wildman–Crippen MR) is 86.5 cm³/mol. The van der Waals surface area contributed by atoms with Gasteiger partial charge in [0.05, 0.1) is 12.4 Å². The summed E-state index contributed by atoms with van der Waals surface area (Å²) in [7, 11) is 3.09. The minimum Gasteiger partial charge on any atom is -0.392 e. The summed E-state index contributed by atoms with van der Waals surface area (Å²) in [6.45, 7) is 1.58. The Morgan fingerprint density at radius 2 is 2.13 bits per heavy atom. The predicted octanol–water partition coefficient (Wildman–Crippen LogP) is -0.673. The Kier molecular flexibility index (Phi) is 4.36. The number of hydrogen-bond acceptors (Lipinski definition) is 5. The third kappa shape index (κ3) is 2.84. The van der Waals surface area contributed by atoms with Crippen LogP contribution in [0.3, 0.4) is 0 Å². The number of nitrogens with one attached hydrogen (secondary N) is 1. The first-order valence-electron chi connectivity index (χ1n) is 8.03. The summed E-state index contributed by atoms with van der Waals surface area (Å²) in [5, 5.41) is 13.3. The van der Waals surface area contributed by atoms with Gasteiger partial charge < -0.3 is 15.0 Å². The maximum Gasteiger partial charge on any atom is 0.332 e. The molecule has 8 nitrogen and oxygen atoms in total. The quantitative estimate of drug-likeness (QED) is 0.779. The Balaban J connectivity index is 1.79. The lowest BCUT2D eigenvalue weighted by molar-refractivity contribution is 0.0909. The number of aryl methyl sites for hydroxylation is 2. The molecule has 1 aliphatic heterocycles. The van der Waals surface area contributed by atoms with E-state index in [1.807, 2.05) is 0 Å². The van der Waals surface area contributed by atoms with Crippen LogP contribution in [0.2, 0.25) is 0 Å². The van der Waals surface area contributed by atoms with Crippen molar-refractivity contribution >= 4 is 11.2 Å². The number of imidazole rings is 1. The van der Waals surface area contributed by atoms with Gasteiger partial charge in [-0.2, -0.15) is 0 Å². The van der Waals surface area contributed by atoms with Gasteiger partial charge in [-0.05, 0) is 32.2 Å². The smallest absolute Gasteiger partial charge is 0.332 e. The molecular formula is C15H23N5O3. The van der Waals surface area contributed by atoms with Crippen molar-refractivity contribution in [3.63, 3.8) is 0 Å². The van der Waals surface area contributed by atoms with E-state index in [1.165, 1.54) is 11.6 Å². The Hall–Kier alpha value is -1.93. The Morgan fingerprint density at radius 3 is 2.87 bits per heavy atom. The van der Waals surface area contributed by atoms with E-state index in [2.05, 4.69) is 10.3 Å². The molecule has 3 heterocycles. The molecule has 0 bridgehead atoms. The summed E-state index contributed by atoms with van der Waals surface area (Å²) in [6.07, 6.45) is 4.83. The highest BCUT2D eigenvalue weighted by Gasteiger charge is 2.22. The first-order valence-corrected chi connectivity index (χ1v) is 8.03. The number of piperidine rings is 1. The van der Waals surface area contributed by atoms with Crippen molar-refractivity contribution in [3.05, 3.63) is 27.2 Å². The fraction of sp³-hybridized carbons (Fsp3) is 0.667. The molecule has 1 saturated heterocycles. The maximum atomic E-state index is 12.3. The molecule has 0 radical (unpaired) electrons. The lowest BCUT2D eigenvalue weighted by Gasteiger charge is -2.28. The van der Waals surface area contributed by atoms with Gasteiger partial charge in [0.2, 0.25) is 0 Å². The van der Waals surface area contributed by atoms with E-state index in [0.717, 1.165) is 36.8 Å². The molecule has 0 unspecified atom stereocenters. The lowest BCUT2D eigenvalue weighted by atomic mass is 9.97. The van der Waals surface area contributed by atoms with Crippen LogP contribution in [0.4, 0.5) is 0 Å². The molecule has 2 N–H and O–H groups in total. The summed E-state index contributed by atoms with van der Waals surface area (Å²) in [4.78, 5) is 28.5. The first kappa shape index (κ1) is 15.9. The fourth-order valence-corrected chi connectivity index (χ4v) is 3.28. The standard InChI is InChI=1S/C15H23N5O3/c1-18-13-12(14(22)19(2)15(18)23)20(9-17-13)8-4-5-10-11(21)6-3-7-16-10/h9-11,16,21H,3-8H2,1-2H3/t10-,11+/m1/s1. The van der Waals surface area contributed by atoms with Gasteiger partial charge in [0, 0.05) is 26.7 Å². The van der Waals surface area contributed by atoms with Gasteiger partial charge in [-0.1, -0.05) is 0 Å². The van der Waals surface area contributed by atoms with Crippen LogP contribution in [-0.2, 0) is 20.6 Å². The van der Waals surface area contributed by atoms with Gasteiger partial charge in [0.1, 0.15) is 0 Å². The van der Waals surface area contributed by atoms with Crippen molar-refractivity contribution in [3.8, 4) is 0 Å². The van der Waals surface area contributed by atoms with Crippen LogP contribution in [0.25, 0.3) is 11.2 Å². The van der Waals surface area contributed by atoms with E-state index in [-0.39, 0.29) is 23.4 Å². The summed E-state index contributed by atoms with van der Waals surface area (Å²) in [5.74, 6) is 0. The summed E-state index contributed by atoms with van der Waals surface area (Å²) < 4.78 is 4.29. The van der Waals surface area contributed by atoms with Gasteiger partial charge in [-0.25, -0.2) is 9.78 Å². The number of fused-ring (bicyclic) bond motifs is 1.